The summed E-state index contributed by atoms with van der Waals surface area (Å²) in [6.45, 7) is 4.96. The number of likely N-dealkylation sites (N-methyl/N-ethyl adjacent to an activating group) is 1. The molecule has 0 unspecified atom stereocenters. The van der Waals surface area contributed by atoms with Crippen molar-refractivity contribution in [2.24, 2.45) is 17.8 Å². The van der Waals surface area contributed by atoms with Crippen LogP contribution in [-0.2, 0) is 9.59 Å². The Balaban J connectivity index is 1.59. The van der Waals surface area contributed by atoms with Crippen LogP contribution in [0.4, 0.5) is 0 Å². The number of likely N-dealkylation sites (tertiary alicyclic amines) is 2. The number of hydrogen-bond acceptors (Lipinski definition) is 3. The first-order chi connectivity index (χ1) is 14.0. The average Bonchev–Trinajstić information content (AvgIpc) is 3.26. The van der Waals surface area contributed by atoms with Gasteiger partial charge in [0, 0.05) is 37.4 Å². The Bertz CT molecular complexity index is 756. The Kier molecular flexibility index (Phi) is 5.95. The molecule has 1 aromatic rings. The van der Waals surface area contributed by atoms with E-state index < -0.39 is 0 Å². The van der Waals surface area contributed by atoms with E-state index in [4.69, 9.17) is 0 Å². The molecule has 2 aliphatic heterocycles. The second kappa shape index (κ2) is 8.47. The summed E-state index contributed by atoms with van der Waals surface area (Å²) in [5.41, 5.74) is 2.52. The third-order valence-corrected chi connectivity index (χ3v) is 7.21. The zero-order valence-corrected chi connectivity index (χ0v) is 18.1. The van der Waals surface area contributed by atoms with Gasteiger partial charge in [0.1, 0.15) is 0 Å². The average molecular weight is 398 g/mol. The first-order valence-electron chi connectivity index (χ1n) is 11.2. The molecule has 0 aromatic heterocycles. The summed E-state index contributed by atoms with van der Waals surface area (Å²) in [4.78, 5) is 32.4. The Morgan fingerprint density at radius 1 is 1.03 bits per heavy atom. The molecule has 2 amide bonds. The van der Waals surface area contributed by atoms with Crippen molar-refractivity contribution in [1.29, 1.82) is 0 Å². The molecule has 5 heteroatoms. The van der Waals surface area contributed by atoms with Gasteiger partial charge in [0.25, 0.3) is 0 Å². The number of nitrogens with zero attached hydrogens (tertiary/aromatic N) is 3. The zero-order valence-electron chi connectivity index (χ0n) is 18.1. The summed E-state index contributed by atoms with van der Waals surface area (Å²) < 4.78 is 0. The van der Waals surface area contributed by atoms with Crippen molar-refractivity contribution in [2.75, 3.05) is 40.3 Å². The Morgan fingerprint density at radius 3 is 2.45 bits per heavy atom. The van der Waals surface area contributed by atoms with Gasteiger partial charge in [0.2, 0.25) is 11.8 Å². The van der Waals surface area contributed by atoms with E-state index in [0.29, 0.717) is 24.3 Å². The molecule has 0 spiro atoms. The van der Waals surface area contributed by atoms with Crippen molar-refractivity contribution in [3.8, 4) is 0 Å². The van der Waals surface area contributed by atoms with E-state index in [1.165, 1.54) is 30.4 Å². The molecule has 1 aromatic carbocycles. The standard InChI is InChI=1S/C24H35N3O2/c1-17-9-7-8-12-20(17)23-21-15-26(22(28)16-25(2)3)13-19(21)14-27(23)24(29)18-10-5-4-6-11-18/h7-9,12,18-19,21,23H,4-6,10-11,13-16H2,1-3H3/t19-,21-,23+/m0/s1. The van der Waals surface area contributed by atoms with Crippen LogP contribution in [0.15, 0.2) is 24.3 Å². The Hall–Kier alpha value is -1.88. The highest BCUT2D eigenvalue weighted by Crippen LogP contribution is 2.47. The molecule has 1 aliphatic carbocycles. The summed E-state index contributed by atoms with van der Waals surface area (Å²) in [5, 5.41) is 0. The maximum atomic E-state index is 13.5. The molecule has 5 nitrogen and oxygen atoms in total. The zero-order chi connectivity index (χ0) is 20.5. The van der Waals surface area contributed by atoms with Gasteiger partial charge in [-0.2, -0.15) is 0 Å². The van der Waals surface area contributed by atoms with Crippen molar-refractivity contribution in [2.45, 2.75) is 45.1 Å². The fourth-order valence-electron chi connectivity index (χ4n) is 5.75. The third-order valence-electron chi connectivity index (χ3n) is 7.21. The van der Waals surface area contributed by atoms with Gasteiger partial charge in [-0.05, 0) is 45.0 Å². The number of hydrogen-bond donors (Lipinski definition) is 0. The molecule has 3 atom stereocenters. The number of amides is 2. The van der Waals surface area contributed by atoms with Crippen LogP contribution in [0.1, 0.15) is 49.3 Å². The minimum absolute atomic E-state index is 0.104. The van der Waals surface area contributed by atoms with Gasteiger partial charge in [-0.1, -0.05) is 43.5 Å². The fourth-order valence-corrected chi connectivity index (χ4v) is 5.75. The number of carbonyl (C=O) groups excluding carboxylic acids is 2. The number of fused-ring (bicyclic) bond motifs is 1. The van der Waals surface area contributed by atoms with Crippen LogP contribution >= 0.6 is 0 Å². The second-order valence-corrected chi connectivity index (χ2v) is 9.59. The normalized spacial score (nSPS) is 27.5. The molecule has 0 bridgehead atoms. The molecule has 3 fully saturated rings. The largest absolute Gasteiger partial charge is 0.341 e. The number of aryl methyl sites for hydroxylation is 1. The topological polar surface area (TPSA) is 43.9 Å². The minimum Gasteiger partial charge on any atom is -0.341 e. The number of benzene rings is 1. The van der Waals surface area contributed by atoms with Gasteiger partial charge in [-0.25, -0.2) is 0 Å². The highest BCUT2D eigenvalue weighted by atomic mass is 16.2. The first kappa shape index (κ1) is 20.4. The molecular weight excluding hydrogens is 362 g/mol. The van der Waals surface area contributed by atoms with Gasteiger partial charge < -0.3 is 14.7 Å². The van der Waals surface area contributed by atoms with Crippen molar-refractivity contribution < 1.29 is 9.59 Å². The maximum Gasteiger partial charge on any atom is 0.236 e. The summed E-state index contributed by atoms with van der Waals surface area (Å²) >= 11 is 0. The van der Waals surface area contributed by atoms with E-state index in [0.717, 1.165) is 32.5 Å². The molecule has 0 radical (unpaired) electrons. The Morgan fingerprint density at radius 2 is 1.76 bits per heavy atom. The van der Waals surface area contributed by atoms with E-state index in [9.17, 15) is 9.59 Å². The lowest BCUT2D eigenvalue weighted by molar-refractivity contribution is -0.138. The van der Waals surface area contributed by atoms with Crippen LogP contribution in [0.25, 0.3) is 0 Å². The fraction of sp³-hybridized carbons (Fsp3) is 0.667. The minimum atomic E-state index is 0.104. The lowest BCUT2D eigenvalue weighted by Gasteiger charge is -2.34. The first-order valence-corrected chi connectivity index (χ1v) is 11.2. The van der Waals surface area contributed by atoms with Gasteiger partial charge in [0.15, 0.2) is 0 Å². The number of rotatable bonds is 4. The van der Waals surface area contributed by atoms with Gasteiger partial charge in [-0.15, -0.1) is 0 Å². The van der Waals surface area contributed by atoms with E-state index in [-0.39, 0.29) is 17.9 Å². The predicted molar refractivity (Wildman–Crippen MR) is 114 cm³/mol. The Labute approximate surface area is 175 Å². The summed E-state index contributed by atoms with van der Waals surface area (Å²) in [5.74, 6) is 1.49. The monoisotopic (exact) mass is 397 g/mol. The molecule has 1 saturated carbocycles. The van der Waals surface area contributed by atoms with Crippen molar-refractivity contribution in [1.82, 2.24) is 14.7 Å². The van der Waals surface area contributed by atoms with E-state index in [2.05, 4.69) is 36.1 Å². The summed E-state index contributed by atoms with van der Waals surface area (Å²) in [6.07, 6.45) is 5.70. The number of carbonyl (C=O) groups is 2. The predicted octanol–water partition coefficient (Wildman–Crippen LogP) is 3.09. The van der Waals surface area contributed by atoms with E-state index in [1.54, 1.807) is 0 Å². The smallest absolute Gasteiger partial charge is 0.236 e. The SMILES string of the molecule is Cc1ccccc1[C@@H]1[C@H]2CN(C(=O)CN(C)C)C[C@H]2CN1C(=O)C1CCCCC1. The van der Waals surface area contributed by atoms with E-state index >= 15 is 0 Å². The summed E-state index contributed by atoms with van der Waals surface area (Å²) in [6, 6.07) is 8.60. The molecule has 3 aliphatic rings. The molecule has 0 N–H and O–H groups in total. The molecule has 2 heterocycles. The van der Waals surface area contributed by atoms with E-state index in [1.807, 2.05) is 23.9 Å². The quantitative estimate of drug-likeness (QED) is 0.784. The molecule has 158 valence electrons. The van der Waals surface area contributed by atoms with Crippen molar-refractivity contribution >= 4 is 11.8 Å². The van der Waals surface area contributed by atoms with Gasteiger partial charge in [0.05, 0.1) is 12.6 Å². The second-order valence-electron chi connectivity index (χ2n) is 9.59. The lowest BCUT2D eigenvalue weighted by atomic mass is 9.86. The van der Waals surface area contributed by atoms with Crippen LogP contribution < -0.4 is 0 Å². The lowest BCUT2D eigenvalue weighted by Crippen LogP contribution is -2.42. The van der Waals surface area contributed by atoms with Crippen LogP contribution in [0.5, 0.6) is 0 Å². The highest BCUT2D eigenvalue weighted by Gasteiger charge is 2.51. The molecule has 2 saturated heterocycles. The van der Waals surface area contributed by atoms with Crippen LogP contribution in [0.3, 0.4) is 0 Å². The molecule has 29 heavy (non-hydrogen) atoms. The van der Waals surface area contributed by atoms with Crippen LogP contribution in [0.2, 0.25) is 0 Å². The molecule has 4 rings (SSSR count). The van der Waals surface area contributed by atoms with Crippen molar-refractivity contribution in [3.05, 3.63) is 35.4 Å². The van der Waals surface area contributed by atoms with Gasteiger partial charge in [-0.3, -0.25) is 9.59 Å². The van der Waals surface area contributed by atoms with Crippen LogP contribution in [0, 0.1) is 24.7 Å². The van der Waals surface area contributed by atoms with Crippen LogP contribution in [-0.4, -0.2) is 66.8 Å². The highest BCUT2D eigenvalue weighted by molar-refractivity contribution is 5.81. The van der Waals surface area contributed by atoms with Crippen molar-refractivity contribution in [3.63, 3.8) is 0 Å². The summed E-state index contributed by atoms with van der Waals surface area (Å²) in [7, 11) is 3.88. The van der Waals surface area contributed by atoms with Gasteiger partial charge >= 0.3 is 0 Å². The third kappa shape index (κ3) is 4.07. The molecular formula is C24H35N3O2. The maximum absolute atomic E-state index is 13.5.